The molecule has 0 aliphatic heterocycles. The van der Waals surface area contributed by atoms with Crippen molar-refractivity contribution in [1.82, 2.24) is 10.3 Å². The summed E-state index contributed by atoms with van der Waals surface area (Å²) in [6, 6.07) is 2.61. The number of aliphatic hydroxyl groups excluding tert-OH is 1. The smallest absolute Gasteiger partial charge is 0.245 e. The van der Waals surface area contributed by atoms with E-state index in [0.29, 0.717) is 25.7 Å². The highest BCUT2D eigenvalue weighted by Crippen LogP contribution is 2.35. The number of pyridine rings is 1. The van der Waals surface area contributed by atoms with Gasteiger partial charge in [0.1, 0.15) is 24.0 Å². The number of benzene rings is 1. The van der Waals surface area contributed by atoms with Crippen molar-refractivity contribution in [3.05, 3.63) is 41.8 Å². The fraction of sp³-hybridized carbons (Fsp3) is 0.381. The molecule has 1 saturated carbocycles. The molecule has 1 heterocycles. The minimum Gasteiger partial charge on any atom is -0.496 e. The fourth-order valence-corrected chi connectivity index (χ4v) is 3.68. The van der Waals surface area contributed by atoms with E-state index in [0.717, 1.165) is 18.3 Å². The standard InChI is InChI=1S/C21H22F3N3O4/c1-31-18-8-16(23)15(22)6-14(18)13-7-19(25-9-17(13)24)27-21(30)11-3-2-4-12(5-11)26-20(29)10-28/h6-9,11-12,28H,2-5,10H2,1H3,(H,26,29)(H,25,27,30)/t11-,12+/m0/s1. The van der Waals surface area contributed by atoms with Crippen LogP contribution in [0.2, 0.25) is 0 Å². The number of aliphatic hydroxyl groups is 1. The van der Waals surface area contributed by atoms with E-state index < -0.39 is 35.9 Å². The number of anilines is 1. The van der Waals surface area contributed by atoms with Gasteiger partial charge in [0, 0.05) is 29.2 Å². The van der Waals surface area contributed by atoms with E-state index in [-0.39, 0.29) is 34.6 Å². The molecule has 1 aliphatic carbocycles. The first-order chi connectivity index (χ1) is 14.8. The number of amides is 2. The highest BCUT2D eigenvalue weighted by atomic mass is 19.2. The number of nitrogens with one attached hydrogen (secondary N) is 2. The van der Waals surface area contributed by atoms with Gasteiger partial charge in [0.2, 0.25) is 11.8 Å². The lowest BCUT2D eigenvalue weighted by Crippen LogP contribution is -2.42. The second kappa shape index (κ2) is 9.78. The van der Waals surface area contributed by atoms with Gasteiger partial charge in [0.25, 0.3) is 0 Å². The lowest BCUT2D eigenvalue weighted by atomic mass is 9.85. The number of methoxy groups -OCH3 is 1. The Hall–Kier alpha value is -3.14. The zero-order chi connectivity index (χ0) is 22.5. The van der Waals surface area contributed by atoms with Gasteiger partial charge in [-0.1, -0.05) is 6.42 Å². The summed E-state index contributed by atoms with van der Waals surface area (Å²) in [6.07, 6.45) is 3.27. The lowest BCUT2D eigenvalue weighted by Gasteiger charge is -2.28. The molecule has 1 aliphatic rings. The molecular weight excluding hydrogens is 415 g/mol. The number of hydrogen-bond donors (Lipinski definition) is 3. The Bertz CT molecular complexity index is 987. The molecular formula is C21H22F3N3O4. The average Bonchev–Trinajstić information content (AvgIpc) is 2.76. The SMILES string of the molecule is COc1cc(F)c(F)cc1-c1cc(NC(=O)[C@H]2CCC[C@@H](NC(=O)CO)C2)ncc1F. The predicted octanol–water partition coefficient (Wildman–Crippen LogP) is 2.78. The third-order valence-corrected chi connectivity index (χ3v) is 5.19. The molecule has 3 N–H and O–H groups in total. The number of aromatic nitrogens is 1. The largest absolute Gasteiger partial charge is 0.496 e. The Morgan fingerprint density at radius 2 is 1.87 bits per heavy atom. The third-order valence-electron chi connectivity index (χ3n) is 5.19. The maximum Gasteiger partial charge on any atom is 0.245 e. The summed E-state index contributed by atoms with van der Waals surface area (Å²) >= 11 is 0. The van der Waals surface area contributed by atoms with Gasteiger partial charge in [0.15, 0.2) is 11.6 Å². The zero-order valence-electron chi connectivity index (χ0n) is 16.8. The van der Waals surface area contributed by atoms with Crippen molar-refractivity contribution in [3.63, 3.8) is 0 Å². The van der Waals surface area contributed by atoms with Crippen molar-refractivity contribution in [1.29, 1.82) is 0 Å². The summed E-state index contributed by atoms with van der Waals surface area (Å²) in [5.41, 5.74) is -0.140. The number of carbonyl (C=O) groups excluding carboxylic acids is 2. The molecule has 10 heteroatoms. The van der Waals surface area contributed by atoms with Crippen LogP contribution < -0.4 is 15.4 Å². The number of halogens is 3. The Morgan fingerprint density at radius 3 is 2.58 bits per heavy atom. The van der Waals surface area contributed by atoms with Gasteiger partial charge in [-0.25, -0.2) is 18.2 Å². The van der Waals surface area contributed by atoms with Gasteiger partial charge in [-0.3, -0.25) is 9.59 Å². The molecule has 1 aromatic carbocycles. The topological polar surface area (TPSA) is 101 Å². The summed E-state index contributed by atoms with van der Waals surface area (Å²) < 4.78 is 46.7. The first kappa shape index (κ1) is 22.5. The maximum atomic E-state index is 14.4. The van der Waals surface area contributed by atoms with Crippen LogP contribution in [0.25, 0.3) is 11.1 Å². The second-order valence-corrected chi connectivity index (χ2v) is 7.29. The monoisotopic (exact) mass is 437 g/mol. The molecule has 0 saturated heterocycles. The molecule has 0 spiro atoms. The highest BCUT2D eigenvalue weighted by molar-refractivity contribution is 5.92. The number of hydrogen-bond acceptors (Lipinski definition) is 5. The summed E-state index contributed by atoms with van der Waals surface area (Å²) in [5.74, 6) is -4.41. The molecule has 2 atom stereocenters. The van der Waals surface area contributed by atoms with Crippen molar-refractivity contribution in [2.45, 2.75) is 31.7 Å². The van der Waals surface area contributed by atoms with Crippen LogP contribution >= 0.6 is 0 Å². The van der Waals surface area contributed by atoms with Gasteiger partial charge >= 0.3 is 0 Å². The van der Waals surface area contributed by atoms with Crippen LogP contribution in [0, 0.1) is 23.4 Å². The number of carbonyl (C=O) groups is 2. The molecule has 2 amide bonds. The Labute approximate surface area is 176 Å². The van der Waals surface area contributed by atoms with Gasteiger partial charge in [-0.15, -0.1) is 0 Å². The average molecular weight is 437 g/mol. The quantitative estimate of drug-likeness (QED) is 0.645. The van der Waals surface area contributed by atoms with Crippen molar-refractivity contribution in [2.24, 2.45) is 5.92 Å². The van der Waals surface area contributed by atoms with Crippen molar-refractivity contribution >= 4 is 17.6 Å². The maximum absolute atomic E-state index is 14.4. The number of ether oxygens (including phenoxy) is 1. The first-order valence-electron chi connectivity index (χ1n) is 9.72. The summed E-state index contributed by atoms with van der Waals surface area (Å²) in [7, 11) is 1.24. The third kappa shape index (κ3) is 5.32. The Balaban J connectivity index is 1.79. The van der Waals surface area contributed by atoms with Crippen molar-refractivity contribution < 1.29 is 32.6 Å². The van der Waals surface area contributed by atoms with E-state index in [4.69, 9.17) is 9.84 Å². The van der Waals surface area contributed by atoms with E-state index in [1.807, 2.05) is 0 Å². The van der Waals surface area contributed by atoms with Gasteiger partial charge in [-0.2, -0.15) is 0 Å². The highest BCUT2D eigenvalue weighted by Gasteiger charge is 2.28. The molecule has 31 heavy (non-hydrogen) atoms. The number of nitrogens with zero attached hydrogens (tertiary/aromatic N) is 1. The van der Waals surface area contributed by atoms with Crippen molar-refractivity contribution in [3.8, 4) is 16.9 Å². The molecule has 1 fully saturated rings. The summed E-state index contributed by atoms with van der Waals surface area (Å²) in [4.78, 5) is 27.9. The number of rotatable bonds is 6. The zero-order valence-corrected chi connectivity index (χ0v) is 16.8. The van der Waals surface area contributed by atoms with Crippen LogP contribution in [0.1, 0.15) is 25.7 Å². The van der Waals surface area contributed by atoms with Gasteiger partial charge in [-0.05, 0) is 31.4 Å². The van der Waals surface area contributed by atoms with Gasteiger partial charge < -0.3 is 20.5 Å². The summed E-state index contributed by atoms with van der Waals surface area (Å²) in [5, 5.41) is 14.1. The van der Waals surface area contributed by atoms with Gasteiger partial charge in [0.05, 0.1) is 13.3 Å². The summed E-state index contributed by atoms with van der Waals surface area (Å²) in [6.45, 7) is -0.622. The Morgan fingerprint density at radius 1 is 1.13 bits per heavy atom. The van der Waals surface area contributed by atoms with Crippen LogP contribution in [0.15, 0.2) is 24.4 Å². The molecule has 1 aromatic heterocycles. The fourth-order valence-electron chi connectivity index (χ4n) is 3.68. The normalized spacial score (nSPS) is 18.4. The minimum atomic E-state index is -1.17. The molecule has 2 aromatic rings. The molecule has 0 radical (unpaired) electrons. The van der Waals surface area contributed by atoms with E-state index in [1.165, 1.54) is 13.2 Å². The van der Waals surface area contributed by atoms with Crippen LogP contribution in [0.3, 0.4) is 0 Å². The van der Waals surface area contributed by atoms with E-state index >= 15 is 0 Å². The van der Waals surface area contributed by atoms with Crippen LogP contribution in [0.4, 0.5) is 19.0 Å². The van der Waals surface area contributed by atoms with E-state index in [1.54, 1.807) is 0 Å². The minimum absolute atomic E-state index is 0.0266. The van der Waals surface area contributed by atoms with E-state index in [2.05, 4.69) is 15.6 Å². The predicted molar refractivity (Wildman–Crippen MR) is 106 cm³/mol. The molecule has 0 bridgehead atoms. The molecule has 166 valence electrons. The van der Waals surface area contributed by atoms with Crippen LogP contribution in [-0.2, 0) is 9.59 Å². The lowest BCUT2D eigenvalue weighted by molar-refractivity contribution is -0.126. The van der Waals surface area contributed by atoms with Crippen molar-refractivity contribution in [2.75, 3.05) is 19.0 Å². The second-order valence-electron chi connectivity index (χ2n) is 7.29. The van der Waals surface area contributed by atoms with Crippen LogP contribution in [0.5, 0.6) is 5.75 Å². The molecule has 3 rings (SSSR count). The molecule has 0 unspecified atom stereocenters. The molecule has 7 nitrogen and oxygen atoms in total. The van der Waals surface area contributed by atoms with Crippen LogP contribution in [-0.4, -0.2) is 41.7 Å². The first-order valence-corrected chi connectivity index (χ1v) is 9.72. The van der Waals surface area contributed by atoms with E-state index in [9.17, 15) is 22.8 Å². The Kier molecular flexibility index (Phi) is 7.11.